The van der Waals surface area contributed by atoms with E-state index in [-0.39, 0.29) is 29.6 Å². The van der Waals surface area contributed by atoms with Crippen LogP contribution in [0.1, 0.15) is 62.9 Å². The van der Waals surface area contributed by atoms with Crippen LogP contribution in [0.4, 0.5) is 0 Å². The van der Waals surface area contributed by atoms with Gasteiger partial charge in [-0.05, 0) is 12.0 Å². The minimum Gasteiger partial charge on any atom is -0.746 e. The van der Waals surface area contributed by atoms with Crippen LogP contribution < -0.4 is 29.6 Å². The topological polar surface area (TPSA) is 66.4 Å². The van der Waals surface area contributed by atoms with Crippen molar-refractivity contribution in [3.8, 4) is 0 Å². The zero-order chi connectivity index (χ0) is 15.6. The molecule has 0 saturated heterocycles. The molecule has 0 N–H and O–H groups in total. The van der Waals surface area contributed by atoms with E-state index in [2.05, 4.69) is 6.92 Å². The molecule has 1 rings (SSSR count). The summed E-state index contributed by atoms with van der Waals surface area (Å²) in [6, 6.07) is 8.37. The van der Waals surface area contributed by atoms with Crippen molar-refractivity contribution in [1.82, 2.24) is 0 Å². The Hall–Kier alpha value is 0.0900. The monoisotopic (exact) mass is 336 g/mol. The summed E-state index contributed by atoms with van der Waals surface area (Å²) in [4.78, 5) is 0. The fourth-order valence-electron chi connectivity index (χ4n) is 2.21. The molecule has 22 heavy (non-hydrogen) atoms. The van der Waals surface area contributed by atoms with Gasteiger partial charge in [-0.25, -0.2) is 8.42 Å². The maximum atomic E-state index is 11.3. The number of hydrogen-bond donors (Lipinski definition) is 0. The molecule has 0 amide bonds. The summed E-state index contributed by atoms with van der Waals surface area (Å²) in [6.07, 6.45) is 7.86. The van der Waals surface area contributed by atoms with Crippen LogP contribution in [0, 0.1) is 0 Å². The summed E-state index contributed by atoms with van der Waals surface area (Å²) in [7, 11) is -4.49. The fourth-order valence-corrected chi connectivity index (χ4v) is 2.96. The van der Waals surface area contributed by atoms with Gasteiger partial charge < -0.3 is 9.29 Å². The van der Waals surface area contributed by atoms with E-state index >= 15 is 0 Å². The number of unbranched alkanes of at least 4 members (excludes halogenated alkanes) is 6. The van der Waals surface area contributed by atoms with E-state index in [1.165, 1.54) is 25.7 Å². The van der Waals surface area contributed by atoms with Gasteiger partial charge in [-0.1, -0.05) is 75.8 Å². The Morgan fingerprint density at radius 1 is 1.00 bits per heavy atom. The summed E-state index contributed by atoms with van der Waals surface area (Å²) in [5.74, 6) is 0. The number of hydrogen-bond acceptors (Lipinski definition) is 4. The third-order valence-electron chi connectivity index (χ3n) is 3.35. The van der Waals surface area contributed by atoms with Crippen LogP contribution in [0.5, 0.6) is 0 Å². The summed E-state index contributed by atoms with van der Waals surface area (Å²) in [5.41, 5.74) is -0.991. The average Bonchev–Trinajstić information content (AvgIpc) is 2.45. The quantitative estimate of drug-likeness (QED) is 0.343. The molecule has 1 aromatic rings. The number of ether oxygens (including phenoxy) is 1. The summed E-state index contributed by atoms with van der Waals surface area (Å²) in [5, 5.41) is 0. The van der Waals surface area contributed by atoms with Crippen molar-refractivity contribution in [3.63, 3.8) is 0 Å². The van der Waals surface area contributed by atoms with E-state index in [9.17, 15) is 13.0 Å². The maximum absolute atomic E-state index is 11.3. The maximum Gasteiger partial charge on any atom is 1.00 e. The Balaban J connectivity index is 0.00000441. The first kappa shape index (κ1) is 22.1. The van der Waals surface area contributed by atoms with Crippen molar-refractivity contribution in [2.24, 2.45) is 0 Å². The minimum atomic E-state index is -4.49. The Labute approximate surface area is 156 Å². The SMILES string of the molecule is CCCCCCCCCOC(c1ccccc1)S(=O)(=O)[O-].[Na+]. The van der Waals surface area contributed by atoms with Crippen molar-refractivity contribution in [2.75, 3.05) is 6.61 Å². The third kappa shape index (κ3) is 9.28. The molecular formula is C16H25NaO4S. The van der Waals surface area contributed by atoms with E-state index < -0.39 is 15.6 Å². The zero-order valence-corrected chi connectivity index (χ0v) is 16.5. The first-order valence-corrected chi connectivity index (χ1v) is 9.14. The van der Waals surface area contributed by atoms with Crippen LogP contribution in [0.15, 0.2) is 30.3 Å². The predicted octanol–water partition coefficient (Wildman–Crippen LogP) is 1.00. The van der Waals surface area contributed by atoms with E-state index in [0.717, 1.165) is 19.3 Å². The second kappa shape index (κ2) is 12.5. The summed E-state index contributed by atoms with van der Waals surface area (Å²) >= 11 is 0. The van der Waals surface area contributed by atoms with E-state index in [1.807, 2.05) is 0 Å². The van der Waals surface area contributed by atoms with Crippen LogP contribution in [0.2, 0.25) is 0 Å². The normalized spacial score (nSPS) is 12.6. The number of rotatable bonds is 11. The molecule has 0 radical (unpaired) electrons. The Morgan fingerprint density at radius 3 is 2.09 bits per heavy atom. The van der Waals surface area contributed by atoms with Crippen LogP contribution in [-0.4, -0.2) is 19.6 Å². The molecule has 0 saturated carbocycles. The standard InChI is InChI=1S/C16H26O4S.Na/c1-2-3-4-5-6-7-11-14-20-16(21(17,18)19)15-12-9-8-10-13-15;/h8-10,12-13,16H,2-7,11,14H2,1H3,(H,17,18,19);/q;+1/p-1. The molecule has 1 aromatic carbocycles. The van der Waals surface area contributed by atoms with E-state index in [0.29, 0.717) is 12.2 Å². The molecule has 4 nitrogen and oxygen atoms in total. The van der Waals surface area contributed by atoms with Gasteiger partial charge in [0.05, 0.1) is 0 Å². The second-order valence-corrected chi connectivity index (χ2v) is 6.64. The van der Waals surface area contributed by atoms with E-state index in [4.69, 9.17) is 4.74 Å². The molecule has 120 valence electrons. The first-order chi connectivity index (χ1) is 10.1. The van der Waals surface area contributed by atoms with Crippen LogP contribution in [0.3, 0.4) is 0 Å². The van der Waals surface area contributed by atoms with Crippen LogP contribution in [0.25, 0.3) is 0 Å². The molecule has 0 aliphatic heterocycles. The molecule has 1 unspecified atom stereocenters. The fraction of sp³-hybridized carbons (Fsp3) is 0.625. The Kier molecular flexibility index (Phi) is 12.6. The van der Waals surface area contributed by atoms with Crippen LogP contribution in [-0.2, 0) is 14.9 Å². The molecule has 0 spiro atoms. The van der Waals surface area contributed by atoms with Gasteiger partial charge >= 0.3 is 29.6 Å². The van der Waals surface area contributed by atoms with E-state index in [1.54, 1.807) is 30.3 Å². The molecule has 0 bridgehead atoms. The van der Waals surface area contributed by atoms with Gasteiger partial charge in [0, 0.05) is 6.61 Å². The van der Waals surface area contributed by atoms with Gasteiger partial charge in [0.15, 0.2) is 5.44 Å². The van der Waals surface area contributed by atoms with Crippen molar-refractivity contribution < 1.29 is 47.3 Å². The Bertz CT molecular complexity index is 476. The average molecular weight is 336 g/mol. The van der Waals surface area contributed by atoms with Crippen molar-refractivity contribution in [3.05, 3.63) is 35.9 Å². The molecule has 1 atom stereocenters. The molecule has 0 aliphatic carbocycles. The summed E-state index contributed by atoms with van der Waals surface area (Å²) < 4.78 is 39.2. The first-order valence-electron chi connectivity index (χ1n) is 7.67. The number of benzene rings is 1. The van der Waals surface area contributed by atoms with Crippen molar-refractivity contribution in [2.45, 2.75) is 57.3 Å². The van der Waals surface area contributed by atoms with Gasteiger partial charge in [0.1, 0.15) is 10.1 Å². The zero-order valence-electron chi connectivity index (χ0n) is 13.7. The van der Waals surface area contributed by atoms with Gasteiger partial charge in [0.2, 0.25) is 0 Å². The smallest absolute Gasteiger partial charge is 0.746 e. The molecule has 6 heteroatoms. The third-order valence-corrected chi connectivity index (χ3v) is 4.28. The van der Waals surface area contributed by atoms with Crippen molar-refractivity contribution in [1.29, 1.82) is 0 Å². The molecule has 0 fully saturated rings. The molecular weight excluding hydrogens is 311 g/mol. The predicted molar refractivity (Wildman–Crippen MR) is 82.8 cm³/mol. The minimum absolute atomic E-state index is 0. The molecule has 0 aliphatic rings. The van der Waals surface area contributed by atoms with Crippen molar-refractivity contribution >= 4 is 10.1 Å². The molecule has 0 heterocycles. The van der Waals surface area contributed by atoms with Crippen LogP contribution >= 0.6 is 0 Å². The second-order valence-electron chi connectivity index (χ2n) is 5.23. The Morgan fingerprint density at radius 2 is 1.55 bits per heavy atom. The van der Waals surface area contributed by atoms with Gasteiger partial charge in [-0.15, -0.1) is 0 Å². The van der Waals surface area contributed by atoms with Gasteiger partial charge in [0.25, 0.3) is 0 Å². The largest absolute Gasteiger partial charge is 1.00 e. The van der Waals surface area contributed by atoms with Gasteiger partial charge in [-0.3, -0.25) is 0 Å². The molecule has 0 aromatic heterocycles. The van der Waals surface area contributed by atoms with Gasteiger partial charge in [-0.2, -0.15) is 0 Å². The summed E-state index contributed by atoms with van der Waals surface area (Å²) in [6.45, 7) is 2.48.